The largest absolute Gasteiger partial charge is 0.459 e. The number of hydrogen-bond donors (Lipinski definition) is 1. The lowest BCUT2D eigenvalue weighted by Gasteiger charge is -2.08. The molecule has 3 aromatic heterocycles. The summed E-state index contributed by atoms with van der Waals surface area (Å²) in [4.78, 5) is 12.7. The van der Waals surface area contributed by atoms with Crippen molar-refractivity contribution >= 4 is 16.8 Å². The molecule has 4 heterocycles. The number of fused-ring (bicyclic) bond motifs is 2. The van der Waals surface area contributed by atoms with Crippen LogP contribution in [0.15, 0.2) is 75.9 Å². The molecule has 0 saturated heterocycles. The summed E-state index contributed by atoms with van der Waals surface area (Å²) in [5, 5.41) is 12.1. The molecule has 1 aliphatic heterocycles. The minimum absolute atomic E-state index is 0.123. The number of rotatable bonds is 6. The Balaban J connectivity index is 1.22. The van der Waals surface area contributed by atoms with E-state index in [0.717, 1.165) is 22.0 Å². The second-order valence-corrected chi connectivity index (χ2v) is 7.54. The van der Waals surface area contributed by atoms with Crippen LogP contribution in [0.4, 0.5) is 0 Å². The van der Waals surface area contributed by atoms with E-state index in [1.807, 2.05) is 53.2 Å². The maximum Gasteiger partial charge on any atom is 0.283 e. The number of nitrogens with one attached hydrogen (secondary N) is 1. The molecule has 0 aliphatic carbocycles. The minimum Gasteiger partial charge on any atom is -0.459 e. The first-order valence-electron chi connectivity index (χ1n) is 10.4. The fourth-order valence-corrected chi connectivity index (χ4v) is 3.84. The molecule has 164 valence electrons. The van der Waals surface area contributed by atoms with Crippen LogP contribution in [0.2, 0.25) is 0 Å². The number of ether oxygens (including phenoxy) is 2. The summed E-state index contributed by atoms with van der Waals surface area (Å²) >= 11 is 0. The first kappa shape index (κ1) is 19.2. The molecule has 5 aromatic rings. The molecule has 0 spiro atoms. The lowest BCUT2D eigenvalue weighted by Crippen LogP contribution is -2.26. The zero-order valence-corrected chi connectivity index (χ0v) is 17.4. The van der Waals surface area contributed by atoms with Crippen molar-refractivity contribution in [3.8, 4) is 34.6 Å². The average Bonchev–Trinajstić information content (AvgIpc) is 3.64. The Kier molecular flexibility index (Phi) is 4.57. The van der Waals surface area contributed by atoms with Crippen LogP contribution in [0.5, 0.6) is 11.5 Å². The summed E-state index contributed by atoms with van der Waals surface area (Å²) in [6.45, 7) is 0.749. The van der Waals surface area contributed by atoms with Crippen molar-refractivity contribution < 1.29 is 23.1 Å². The van der Waals surface area contributed by atoms with E-state index in [0.29, 0.717) is 35.6 Å². The highest BCUT2D eigenvalue weighted by atomic mass is 16.7. The molecular weight excluding hydrogens is 424 g/mol. The number of nitrogens with zero attached hydrogens (tertiary/aromatic N) is 3. The molecule has 9 nitrogen and oxygen atoms in total. The van der Waals surface area contributed by atoms with E-state index < -0.39 is 0 Å². The second-order valence-electron chi connectivity index (χ2n) is 7.54. The lowest BCUT2D eigenvalue weighted by molar-refractivity contribution is -0.121. The first-order valence-corrected chi connectivity index (χ1v) is 10.4. The number of para-hydroxylation sites is 1. The van der Waals surface area contributed by atoms with Gasteiger partial charge in [0.05, 0.1) is 11.8 Å². The average molecular weight is 442 g/mol. The van der Waals surface area contributed by atoms with E-state index in [9.17, 15) is 4.79 Å². The second kappa shape index (κ2) is 7.86. The maximum atomic E-state index is 12.7. The highest BCUT2D eigenvalue weighted by Gasteiger charge is 2.19. The summed E-state index contributed by atoms with van der Waals surface area (Å²) < 4.78 is 23.8. The van der Waals surface area contributed by atoms with Crippen molar-refractivity contribution in [2.24, 2.45) is 0 Å². The van der Waals surface area contributed by atoms with Gasteiger partial charge in [-0.3, -0.25) is 4.79 Å². The molecule has 0 radical (unpaired) electrons. The van der Waals surface area contributed by atoms with Crippen molar-refractivity contribution in [3.63, 3.8) is 0 Å². The number of carbonyl (C=O) groups excluding carboxylic acids is 1. The van der Waals surface area contributed by atoms with Crippen molar-refractivity contribution in [2.45, 2.75) is 13.1 Å². The molecule has 0 atom stereocenters. The Hall–Kier alpha value is -4.53. The van der Waals surface area contributed by atoms with Crippen LogP contribution in [0.3, 0.4) is 0 Å². The van der Waals surface area contributed by atoms with Crippen LogP contribution in [-0.4, -0.2) is 27.5 Å². The number of furan rings is 1. The van der Waals surface area contributed by atoms with Gasteiger partial charge in [-0.25, -0.2) is 0 Å². The third-order valence-corrected chi connectivity index (χ3v) is 5.42. The van der Waals surface area contributed by atoms with Crippen molar-refractivity contribution in [2.75, 3.05) is 6.79 Å². The quantitative estimate of drug-likeness (QED) is 0.424. The van der Waals surface area contributed by atoms with E-state index in [1.165, 1.54) is 0 Å². The fraction of sp³-hybridized carbons (Fsp3) is 0.125. The summed E-state index contributed by atoms with van der Waals surface area (Å²) in [6, 6.07) is 16.9. The van der Waals surface area contributed by atoms with Crippen molar-refractivity contribution in [1.82, 2.24) is 20.1 Å². The Bertz CT molecular complexity index is 1450. The van der Waals surface area contributed by atoms with Gasteiger partial charge < -0.3 is 28.2 Å². The van der Waals surface area contributed by atoms with Gasteiger partial charge in [-0.2, -0.15) is 0 Å². The molecule has 0 saturated carbocycles. The molecule has 1 aliphatic rings. The van der Waals surface area contributed by atoms with Crippen LogP contribution in [0, 0.1) is 0 Å². The van der Waals surface area contributed by atoms with E-state index in [-0.39, 0.29) is 19.2 Å². The molecule has 0 bridgehead atoms. The maximum absolute atomic E-state index is 12.7. The Labute approximate surface area is 187 Å². The molecule has 6 rings (SSSR count). The van der Waals surface area contributed by atoms with Crippen molar-refractivity contribution in [1.29, 1.82) is 0 Å². The van der Waals surface area contributed by atoms with Gasteiger partial charge >= 0.3 is 0 Å². The van der Waals surface area contributed by atoms with Crippen LogP contribution >= 0.6 is 0 Å². The number of aromatic nitrogens is 3. The van der Waals surface area contributed by atoms with E-state index >= 15 is 0 Å². The smallest absolute Gasteiger partial charge is 0.283 e. The lowest BCUT2D eigenvalue weighted by atomic mass is 10.2. The van der Waals surface area contributed by atoms with Gasteiger partial charge in [0.15, 0.2) is 17.3 Å². The van der Waals surface area contributed by atoms with Gasteiger partial charge in [-0.15, -0.1) is 10.2 Å². The zero-order valence-electron chi connectivity index (χ0n) is 17.4. The first-order chi connectivity index (χ1) is 16.2. The molecule has 33 heavy (non-hydrogen) atoms. The molecule has 9 heteroatoms. The molecule has 2 aromatic carbocycles. The predicted octanol–water partition coefficient (Wildman–Crippen LogP) is 4.00. The van der Waals surface area contributed by atoms with E-state index in [2.05, 4.69) is 15.5 Å². The SMILES string of the molecule is O=C(Cn1cc(-c2nnc(-c3ccco3)o2)c2ccccc21)NCc1ccc2c(c1)OCO2. The van der Waals surface area contributed by atoms with Gasteiger partial charge in [0.25, 0.3) is 5.89 Å². The van der Waals surface area contributed by atoms with Crippen LogP contribution in [-0.2, 0) is 17.9 Å². The summed E-state index contributed by atoms with van der Waals surface area (Å²) in [6.07, 6.45) is 3.40. The minimum atomic E-state index is -0.123. The fourth-order valence-electron chi connectivity index (χ4n) is 3.84. The Morgan fingerprint density at radius 1 is 1.00 bits per heavy atom. The summed E-state index contributed by atoms with van der Waals surface area (Å²) in [5.74, 6) is 2.44. The van der Waals surface area contributed by atoms with E-state index in [1.54, 1.807) is 18.4 Å². The predicted molar refractivity (Wildman–Crippen MR) is 117 cm³/mol. The van der Waals surface area contributed by atoms with Crippen LogP contribution in [0.25, 0.3) is 34.0 Å². The van der Waals surface area contributed by atoms with Gasteiger partial charge in [0, 0.05) is 23.6 Å². The monoisotopic (exact) mass is 442 g/mol. The Morgan fingerprint density at radius 2 is 1.88 bits per heavy atom. The third kappa shape index (κ3) is 3.59. The normalized spacial score (nSPS) is 12.4. The third-order valence-electron chi connectivity index (χ3n) is 5.42. The molecule has 1 amide bonds. The van der Waals surface area contributed by atoms with E-state index in [4.69, 9.17) is 18.3 Å². The Morgan fingerprint density at radius 3 is 2.79 bits per heavy atom. The topological polar surface area (TPSA) is 105 Å². The molecular formula is C24H18N4O5. The molecule has 0 unspecified atom stereocenters. The van der Waals surface area contributed by atoms with Gasteiger partial charge in [-0.1, -0.05) is 24.3 Å². The van der Waals surface area contributed by atoms with Crippen LogP contribution < -0.4 is 14.8 Å². The van der Waals surface area contributed by atoms with Gasteiger partial charge in [0.1, 0.15) is 6.54 Å². The number of amides is 1. The number of benzene rings is 2. The summed E-state index contributed by atoms with van der Waals surface area (Å²) in [7, 11) is 0. The molecule has 0 fully saturated rings. The van der Waals surface area contributed by atoms with Gasteiger partial charge in [0.2, 0.25) is 18.6 Å². The number of hydrogen-bond acceptors (Lipinski definition) is 7. The zero-order chi connectivity index (χ0) is 22.2. The standard InChI is InChI=1S/C24H18N4O5/c29-22(25-11-15-7-8-19-21(10-15)32-14-31-19)13-28-12-17(16-4-1-2-5-18(16)28)23-26-27-24(33-23)20-6-3-9-30-20/h1-10,12H,11,13-14H2,(H,25,29). The highest BCUT2D eigenvalue weighted by molar-refractivity contribution is 5.95. The van der Waals surface area contributed by atoms with Gasteiger partial charge in [-0.05, 0) is 35.9 Å². The highest BCUT2D eigenvalue weighted by Crippen LogP contribution is 2.33. The number of carbonyl (C=O) groups is 1. The summed E-state index contributed by atoms with van der Waals surface area (Å²) in [5.41, 5.74) is 2.57. The van der Waals surface area contributed by atoms with Crippen molar-refractivity contribution in [3.05, 3.63) is 72.6 Å². The molecule has 1 N–H and O–H groups in total. The van der Waals surface area contributed by atoms with Crippen LogP contribution in [0.1, 0.15) is 5.56 Å².